The van der Waals surface area contributed by atoms with Gasteiger partial charge in [-0.1, -0.05) is 17.2 Å². The third-order valence-electron chi connectivity index (χ3n) is 4.33. The molecule has 0 N–H and O–H groups in total. The number of nitrogens with zero attached hydrogens (tertiary/aromatic N) is 1. The summed E-state index contributed by atoms with van der Waals surface area (Å²) in [6.45, 7) is 4.56. The molecule has 1 aromatic heterocycles. The van der Waals surface area contributed by atoms with Gasteiger partial charge in [0.25, 0.3) is 0 Å². The number of hydrogen-bond acceptors (Lipinski definition) is 1. The highest BCUT2D eigenvalue weighted by atomic mass is 14.7. The van der Waals surface area contributed by atoms with E-state index in [1.54, 1.807) is 11.1 Å². The Morgan fingerprint density at radius 1 is 1.19 bits per heavy atom. The molecule has 0 aromatic carbocycles. The second kappa shape index (κ2) is 3.73. The van der Waals surface area contributed by atoms with Crippen LogP contribution in [0.2, 0.25) is 0 Å². The van der Waals surface area contributed by atoms with Crippen LogP contribution in [0.1, 0.15) is 44.7 Å². The summed E-state index contributed by atoms with van der Waals surface area (Å²) in [6, 6.07) is 6.34. The van der Waals surface area contributed by atoms with Crippen molar-refractivity contribution in [2.24, 2.45) is 11.8 Å². The van der Waals surface area contributed by atoms with Gasteiger partial charge in [0.1, 0.15) is 0 Å². The number of fused-ring (bicyclic) bond motifs is 2. The van der Waals surface area contributed by atoms with Crippen LogP contribution in [0.25, 0.3) is 0 Å². The van der Waals surface area contributed by atoms with Crippen LogP contribution >= 0.6 is 0 Å². The molecule has 0 saturated heterocycles. The van der Waals surface area contributed by atoms with Crippen LogP contribution in [0, 0.1) is 11.8 Å². The lowest BCUT2D eigenvalue weighted by Crippen LogP contribution is -2.10. The quantitative estimate of drug-likeness (QED) is 0.644. The molecule has 1 heterocycles. The van der Waals surface area contributed by atoms with Gasteiger partial charge in [-0.2, -0.15) is 0 Å². The normalized spacial score (nSPS) is 32.1. The van der Waals surface area contributed by atoms with Crippen LogP contribution in [0.5, 0.6) is 0 Å². The van der Waals surface area contributed by atoms with E-state index in [0.29, 0.717) is 5.92 Å². The number of allylic oxidation sites excluding steroid dienone is 2. The molecule has 2 fully saturated rings. The zero-order chi connectivity index (χ0) is 11.1. The highest BCUT2D eigenvalue weighted by Gasteiger charge is 2.45. The molecule has 0 spiro atoms. The molecule has 1 heteroatoms. The minimum Gasteiger partial charge on any atom is -0.261 e. The lowest BCUT2D eigenvalue weighted by Gasteiger charge is -2.20. The van der Waals surface area contributed by atoms with Crippen molar-refractivity contribution in [1.29, 1.82) is 0 Å². The van der Waals surface area contributed by atoms with Crippen LogP contribution < -0.4 is 0 Å². The fourth-order valence-electron chi connectivity index (χ4n) is 3.83. The number of pyridine rings is 1. The summed E-state index contributed by atoms with van der Waals surface area (Å²) in [5.41, 5.74) is 4.63. The molecule has 3 unspecified atom stereocenters. The maximum atomic E-state index is 4.55. The number of hydrogen-bond donors (Lipinski definition) is 0. The molecule has 16 heavy (non-hydrogen) atoms. The topological polar surface area (TPSA) is 12.9 Å². The maximum Gasteiger partial charge on any atom is 0.0440 e. The second-order valence-electron chi connectivity index (χ2n) is 5.43. The molecule has 1 nitrogen and oxygen atoms in total. The first kappa shape index (κ1) is 10.1. The van der Waals surface area contributed by atoms with Crippen molar-refractivity contribution in [3.63, 3.8) is 0 Å². The summed E-state index contributed by atoms with van der Waals surface area (Å²) in [4.78, 5) is 4.55. The van der Waals surface area contributed by atoms with Gasteiger partial charge in [0.2, 0.25) is 0 Å². The molecule has 84 valence electrons. The standard InChI is InChI=1S/C15H19N/c1-10(2)15-11-6-7-12(15)13(9-11)14-5-3-4-8-16-14/h3-5,8,11-13H,6-7,9H2,1-2H3. The molecule has 3 atom stereocenters. The van der Waals surface area contributed by atoms with Gasteiger partial charge in [0.05, 0.1) is 0 Å². The Labute approximate surface area is 97.6 Å². The molecule has 2 saturated carbocycles. The highest BCUT2D eigenvalue weighted by molar-refractivity contribution is 5.32. The van der Waals surface area contributed by atoms with E-state index in [9.17, 15) is 0 Å². The molecule has 2 aliphatic carbocycles. The largest absolute Gasteiger partial charge is 0.261 e. The first-order valence-electron chi connectivity index (χ1n) is 6.35. The van der Waals surface area contributed by atoms with Gasteiger partial charge in [-0.25, -0.2) is 0 Å². The molecule has 3 rings (SSSR count). The Kier molecular flexibility index (Phi) is 2.34. The maximum absolute atomic E-state index is 4.55. The summed E-state index contributed by atoms with van der Waals surface area (Å²) in [7, 11) is 0. The van der Waals surface area contributed by atoms with Crippen molar-refractivity contribution in [3.05, 3.63) is 41.2 Å². The summed E-state index contributed by atoms with van der Waals surface area (Å²) in [6.07, 6.45) is 6.06. The van der Waals surface area contributed by atoms with E-state index in [2.05, 4.69) is 31.0 Å². The van der Waals surface area contributed by atoms with Gasteiger partial charge in [-0.05, 0) is 57.1 Å². The van der Waals surface area contributed by atoms with E-state index in [0.717, 1.165) is 11.8 Å². The average Bonchev–Trinajstić information content (AvgIpc) is 2.87. The lowest BCUT2D eigenvalue weighted by atomic mass is 9.86. The number of aromatic nitrogens is 1. The van der Waals surface area contributed by atoms with Crippen LogP contribution in [-0.2, 0) is 0 Å². The molecule has 0 aliphatic heterocycles. The van der Waals surface area contributed by atoms with Gasteiger partial charge in [0, 0.05) is 17.8 Å². The van der Waals surface area contributed by atoms with E-state index in [1.807, 2.05) is 12.3 Å². The van der Waals surface area contributed by atoms with Crippen molar-refractivity contribution < 1.29 is 0 Å². The molecule has 0 amide bonds. The first-order chi connectivity index (χ1) is 7.77. The lowest BCUT2D eigenvalue weighted by molar-refractivity contribution is 0.414. The second-order valence-corrected chi connectivity index (χ2v) is 5.43. The van der Waals surface area contributed by atoms with E-state index in [1.165, 1.54) is 25.0 Å². The van der Waals surface area contributed by atoms with Gasteiger partial charge >= 0.3 is 0 Å². The Morgan fingerprint density at radius 3 is 2.69 bits per heavy atom. The summed E-state index contributed by atoms with van der Waals surface area (Å²) < 4.78 is 0. The SMILES string of the molecule is CC(C)=C1C2CCC1C(c1ccccn1)C2. The van der Waals surface area contributed by atoms with Crippen molar-refractivity contribution >= 4 is 0 Å². The minimum absolute atomic E-state index is 0.699. The van der Waals surface area contributed by atoms with Gasteiger partial charge in [-0.3, -0.25) is 4.98 Å². The minimum atomic E-state index is 0.699. The van der Waals surface area contributed by atoms with Crippen LogP contribution in [0.15, 0.2) is 35.5 Å². The summed E-state index contributed by atoms with van der Waals surface area (Å²) in [5.74, 6) is 2.36. The van der Waals surface area contributed by atoms with Crippen LogP contribution in [0.3, 0.4) is 0 Å². The number of rotatable bonds is 1. The highest BCUT2D eigenvalue weighted by Crippen LogP contribution is 2.56. The van der Waals surface area contributed by atoms with Gasteiger partial charge < -0.3 is 0 Å². The molecule has 1 aromatic rings. The van der Waals surface area contributed by atoms with Crippen molar-refractivity contribution in [3.8, 4) is 0 Å². The fraction of sp³-hybridized carbons (Fsp3) is 0.533. The molecule has 2 bridgehead atoms. The summed E-state index contributed by atoms with van der Waals surface area (Å²) in [5, 5.41) is 0. The monoisotopic (exact) mass is 213 g/mol. The van der Waals surface area contributed by atoms with Crippen LogP contribution in [-0.4, -0.2) is 4.98 Å². The Morgan fingerprint density at radius 2 is 2.06 bits per heavy atom. The van der Waals surface area contributed by atoms with Gasteiger partial charge in [0.15, 0.2) is 0 Å². The zero-order valence-electron chi connectivity index (χ0n) is 10.1. The van der Waals surface area contributed by atoms with Crippen molar-refractivity contribution in [2.75, 3.05) is 0 Å². The molecule has 2 aliphatic rings. The zero-order valence-corrected chi connectivity index (χ0v) is 10.1. The Balaban J connectivity index is 1.95. The van der Waals surface area contributed by atoms with E-state index in [-0.39, 0.29) is 0 Å². The van der Waals surface area contributed by atoms with E-state index in [4.69, 9.17) is 0 Å². The van der Waals surface area contributed by atoms with Crippen LogP contribution in [0.4, 0.5) is 0 Å². The summed E-state index contributed by atoms with van der Waals surface area (Å²) >= 11 is 0. The third kappa shape index (κ3) is 1.41. The first-order valence-corrected chi connectivity index (χ1v) is 6.35. The molecular weight excluding hydrogens is 194 g/mol. The van der Waals surface area contributed by atoms with Crippen molar-refractivity contribution in [2.45, 2.75) is 39.0 Å². The Bertz CT molecular complexity index is 414. The van der Waals surface area contributed by atoms with E-state index >= 15 is 0 Å². The smallest absolute Gasteiger partial charge is 0.0440 e. The average molecular weight is 213 g/mol. The van der Waals surface area contributed by atoms with Gasteiger partial charge in [-0.15, -0.1) is 0 Å². The predicted octanol–water partition coefficient (Wildman–Crippen LogP) is 3.93. The third-order valence-corrected chi connectivity index (χ3v) is 4.33. The Hall–Kier alpha value is -1.11. The fourth-order valence-corrected chi connectivity index (χ4v) is 3.83. The molecular formula is C15H19N. The predicted molar refractivity (Wildman–Crippen MR) is 66.2 cm³/mol. The molecule has 0 radical (unpaired) electrons. The van der Waals surface area contributed by atoms with E-state index < -0.39 is 0 Å². The van der Waals surface area contributed by atoms with Crippen molar-refractivity contribution in [1.82, 2.24) is 4.98 Å².